The molecule has 14 atom stereocenters. The fourth-order valence-electron chi connectivity index (χ4n) is 10.1. The van der Waals surface area contributed by atoms with Crippen LogP contribution in [-0.2, 0) is 44.6 Å². The third kappa shape index (κ3) is 13.1. The Kier molecular flexibility index (Phi) is 19.7. The number of likely N-dealkylation sites (N-methyl/N-ethyl adjacent to an activating group) is 1. The molecule has 0 spiro atoms. The number of cyclic esters (lactones) is 1. The number of amides is 1. The van der Waals surface area contributed by atoms with Crippen LogP contribution in [0.1, 0.15) is 101 Å². The molecule has 1 amide bonds. The van der Waals surface area contributed by atoms with Gasteiger partial charge < -0.3 is 55.2 Å². The molecule has 4 heterocycles. The lowest BCUT2D eigenvalue weighted by molar-refractivity contribution is -0.295. The molecule has 67 heavy (non-hydrogen) atoms. The van der Waals surface area contributed by atoms with Gasteiger partial charge >= 0.3 is 18.0 Å². The molecule has 5 rings (SSSR count). The van der Waals surface area contributed by atoms with Crippen molar-refractivity contribution in [3.05, 3.63) is 30.5 Å². The Balaban J connectivity index is 0.00000980. The molecule has 3 aliphatic heterocycles. The zero-order valence-corrected chi connectivity index (χ0v) is 40.8. The molecule has 3 fully saturated rings. The number of rotatable bonds is 16. The van der Waals surface area contributed by atoms with Gasteiger partial charge in [0.25, 0.3) is 0 Å². The fraction of sp³-hybridized carbons (Fsp3) is 0.750. The van der Waals surface area contributed by atoms with E-state index in [4.69, 9.17) is 29.4 Å². The number of carbonyl (C=O) groups excluding carboxylic acids is 3. The van der Waals surface area contributed by atoms with E-state index in [0.717, 1.165) is 5.56 Å². The molecule has 2 aromatic rings. The number of benzene rings is 1. The van der Waals surface area contributed by atoms with Crippen LogP contribution in [0.3, 0.4) is 0 Å². The first-order valence-electron chi connectivity index (χ1n) is 23.5. The molecule has 378 valence electrons. The number of unbranched alkanes of at least 4 members (excludes halogenated alkanes) is 1. The average molecular weight is 945 g/mol. The van der Waals surface area contributed by atoms with Crippen LogP contribution >= 0.6 is 0 Å². The summed E-state index contributed by atoms with van der Waals surface area (Å²) < 4.78 is 33.6. The minimum atomic E-state index is -1.39. The van der Waals surface area contributed by atoms with Crippen molar-refractivity contribution in [3.8, 4) is 11.3 Å². The largest absolute Gasteiger partial charge is 0.480 e. The predicted molar refractivity (Wildman–Crippen MR) is 253 cm³/mol. The molecule has 0 bridgehead atoms. The monoisotopic (exact) mass is 945 g/mol. The van der Waals surface area contributed by atoms with Gasteiger partial charge in [-0.3, -0.25) is 24.0 Å². The minimum absolute atomic E-state index is 0. The summed E-state index contributed by atoms with van der Waals surface area (Å²) in [5.41, 5.74) is 5.62. The summed E-state index contributed by atoms with van der Waals surface area (Å²) in [5.74, 6) is -4.54. The first-order valence-corrected chi connectivity index (χ1v) is 23.5. The Hall–Kier alpha value is -4.24. The van der Waals surface area contributed by atoms with Crippen molar-refractivity contribution in [3.63, 3.8) is 0 Å². The van der Waals surface area contributed by atoms with Crippen molar-refractivity contribution in [2.45, 2.75) is 174 Å². The van der Waals surface area contributed by atoms with Gasteiger partial charge in [-0.25, -0.2) is 4.79 Å². The van der Waals surface area contributed by atoms with Crippen LogP contribution in [0.15, 0.2) is 30.5 Å². The number of hydrogen-bond donors (Lipinski definition) is 5. The lowest BCUT2D eigenvalue weighted by Crippen LogP contribution is -2.62. The van der Waals surface area contributed by atoms with Gasteiger partial charge in [-0.1, -0.05) is 45.5 Å². The highest BCUT2D eigenvalue weighted by atomic mass is 16.7. The number of ketones is 1. The zero-order chi connectivity index (χ0) is 48.7. The van der Waals surface area contributed by atoms with Gasteiger partial charge in [-0.15, -0.1) is 5.10 Å². The lowest BCUT2D eigenvalue weighted by Gasteiger charge is -2.46. The molecule has 19 heteroatoms. The van der Waals surface area contributed by atoms with Crippen molar-refractivity contribution in [2.24, 2.45) is 17.8 Å². The number of ether oxygens (including phenoxy) is 5. The number of aliphatic hydroxyl groups excluding tert-OH is 1. The second kappa shape index (κ2) is 23.9. The third-order valence-corrected chi connectivity index (χ3v) is 13.9. The average Bonchev–Trinajstić information content (AvgIpc) is 3.85. The van der Waals surface area contributed by atoms with Crippen molar-refractivity contribution < 1.29 is 53.1 Å². The number of hydrogen-bond acceptors (Lipinski definition) is 16. The first-order chi connectivity index (χ1) is 31.1. The number of anilines is 1. The van der Waals surface area contributed by atoms with E-state index in [2.05, 4.69) is 20.9 Å². The summed E-state index contributed by atoms with van der Waals surface area (Å²) in [5, 5.41) is 36.7. The number of aromatic nitrogens is 3. The number of aliphatic hydroxyl groups is 1. The van der Waals surface area contributed by atoms with Crippen molar-refractivity contribution in [2.75, 3.05) is 46.6 Å². The minimum Gasteiger partial charge on any atom is -0.480 e. The number of esters is 1. The van der Waals surface area contributed by atoms with Crippen molar-refractivity contribution in [1.82, 2.24) is 35.4 Å². The Labute approximate surface area is 397 Å². The summed E-state index contributed by atoms with van der Waals surface area (Å²) in [6.07, 6.45) is -0.274. The lowest BCUT2D eigenvalue weighted by atomic mass is 9.78. The summed E-state index contributed by atoms with van der Waals surface area (Å²) >= 11 is 0. The van der Waals surface area contributed by atoms with E-state index in [1.165, 1.54) is 6.92 Å². The Morgan fingerprint density at radius 2 is 1.84 bits per heavy atom. The highest BCUT2D eigenvalue weighted by molar-refractivity contribution is 6.00. The van der Waals surface area contributed by atoms with Crippen LogP contribution in [0, 0.1) is 17.8 Å². The number of aryl methyl sites for hydroxylation is 1. The van der Waals surface area contributed by atoms with Gasteiger partial charge in [-0.05, 0) is 118 Å². The topological polar surface area (TPSA) is 242 Å². The van der Waals surface area contributed by atoms with Crippen LogP contribution < -0.4 is 16.4 Å². The smallest absolute Gasteiger partial charge is 0.410 e. The van der Waals surface area contributed by atoms with Crippen molar-refractivity contribution in [1.29, 1.82) is 0 Å². The molecule has 0 aliphatic carbocycles. The number of carboxylic acids is 1. The molecular weight excluding hydrogens is 865 g/mol. The Morgan fingerprint density at radius 3 is 2.48 bits per heavy atom. The Bertz CT molecular complexity index is 1950. The standard InChI is InChI=1S/C47H76N8O11.CH4/c1-12-37-47(8)40(55(45(61)66-47)21-14-13-20-54-26-35(51-52-54)32-16-15-17-33(48)23-32)34(18-19-49-31(6)42(58)59)50-25-27(2)24-46(7,62-11)41(29(4)38(56)30(5)43(60)64-37)65-44-39(57)36(53(9)10)22-28(3)63-44;/h15-17,23,26-31,34,36-37,39-41,44,49-50,57H,12-14,18-22,24-25,48H2,1-11H3,(H,58,59);1H4/t27-,28-,29+,30-,31-,34-,36?,37-,39?,40-,41-,44+,46-,47-;/m1./s1. The highest BCUT2D eigenvalue weighted by Crippen LogP contribution is 2.41. The van der Waals surface area contributed by atoms with E-state index in [9.17, 15) is 29.4 Å². The Morgan fingerprint density at radius 1 is 1.13 bits per heavy atom. The maximum absolute atomic E-state index is 14.5. The molecule has 1 aromatic carbocycles. The molecule has 1 aromatic heterocycles. The van der Waals surface area contributed by atoms with Crippen LogP contribution in [0.4, 0.5) is 10.5 Å². The van der Waals surface area contributed by atoms with Gasteiger partial charge in [0.05, 0.1) is 30.0 Å². The highest BCUT2D eigenvalue weighted by Gasteiger charge is 2.59. The summed E-state index contributed by atoms with van der Waals surface area (Å²) in [6, 6.07) is 5.11. The van der Waals surface area contributed by atoms with Crippen LogP contribution in [-0.4, -0.2) is 166 Å². The number of Topliss-reactive ketones (excluding diaryl/α,β-unsaturated/α-hetero) is 1. The quantitative estimate of drug-likeness (QED) is 0.0680. The molecule has 0 saturated carbocycles. The molecule has 3 aliphatic rings. The number of carboxylic acid groups (broad SMARTS) is 1. The van der Waals surface area contributed by atoms with E-state index in [0.29, 0.717) is 63.1 Å². The van der Waals surface area contributed by atoms with Crippen molar-refractivity contribution >= 4 is 29.5 Å². The molecule has 6 N–H and O–H groups in total. The third-order valence-electron chi connectivity index (χ3n) is 13.9. The number of methoxy groups -OCH3 is 1. The van der Waals surface area contributed by atoms with Gasteiger partial charge in [0.2, 0.25) is 0 Å². The number of nitrogen functional groups attached to an aromatic ring is 1. The van der Waals surface area contributed by atoms with Gasteiger partial charge in [0.15, 0.2) is 17.7 Å². The molecule has 2 unspecified atom stereocenters. The number of nitrogens with two attached hydrogens (primary N) is 1. The van der Waals surface area contributed by atoms with Gasteiger partial charge in [-0.2, -0.15) is 0 Å². The number of carbonyl (C=O) groups is 4. The normalized spacial score (nSPS) is 33.8. The van der Waals surface area contributed by atoms with E-state index in [1.54, 1.807) is 43.5 Å². The summed E-state index contributed by atoms with van der Waals surface area (Å²) in [4.78, 5) is 58.5. The number of nitrogens with zero attached hydrogens (tertiary/aromatic N) is 5. The maximum Gasteiger partial charge on any atom is 0.410 e. The molecule has 3 saturated heterocycles. The van der Waals surface area contributed by atoms with E-state index in [-0.39, 0.29) is 38.5 Å². The van der Waals surface area contributed by atoms with Crippen LogP contribution in [0.25, 0.3) is 11.3 Å². The van der Waals surface area contributed by atoms with E-state index in [1.807, 2.05) is 71.1 Å². The first kappa shape index (κ1) is 55.4. The summed E-state index contributed by atoms with van der Waals surface area (Å²) in [6.45, 7) is 15.7. The second-order valence-corrected chi connectivity index (χ2v) is 19.4. The number of aliphatic carboxylic acids is 1. The van der Waals surface area contributed by atoms with Crippen LogP contribution in [0.5, 0.6) is 0 Å². The maximum atomic E-state index is 14.5. The van der Waals surface area contributed by atoms with E-state index < -0.39 is 89.6 Å². The second-order valence-electron chi connectivity index (χ2n) is 19.4. The molecule has 0 radical (unpaired) electrons. The van der Waals surface area contributed by atoms with E-state index >= 15 is 0 Å². The van der Waals surface area contributed by atoms with Gasteiger partial charge in [0.1, 0.15) is 29.9 Å². The SMILES string of the molecule is C.CC[C@H]1OC(=O)[C@H](C)C(=O)[C@H](C)[C@@H](O[C@@H]2O[C@H](C)CC(N(C)C)C2O)[C@](C)(OC)C[C@@H](C)CN[C@H](CCN[C@H](C)C(=O)O)[C@H]2N(CCCCn3cc(-c4cccc(N)c4)nn3)C(=O)O[C@]12C. The zero-order valence-electron chi connectivity index (χ0n) is 40.8. The molecular formula is C48H80N8O11. The predicted octanol–water partition coefficient (Wildman–Crippen LogP) is 4.35. The van der Waals surface area contributed by atoms with Gasteiger partial charge in [0, 0.05) is 49.5 Å². The number of fused-ring (bicyclic) bond motifs is 1. The fourth-order valence-corrected chi connectivity index (χ4v) is 10.1. The number of nitrogens with one attached hydrogen (secondary N) is 2. The van der Waals surface area contributed by atoms with Crippen LogP contribution in [0.2, 0.25) is 0 Å². The molecule has 19 nitrogen and oxygen atoms in total. The summed E-state index contributed by atoms with van der Waals surface area (Å²) in [7, 11) is 5.32.